The van der Waals surface area contributed by atoms with Gasteiger partial charge in [0.15, 0.2) is 0 Å². The smallest absolute Gasteiger partial charge is 0.225 e. The fourth-order valence-corrected chi connectivity index (χ4v) is 2.86. The van der Waals surface area contributed by atoms with E-state index in [1.165, 1.54) is 0 Å². The molecule has 0 fully saturated rings. The van der Waals surface area contributed by atoms with E-state index in [2.05, 4.69) is 5.32 Å². The van der Waals surface area contributed by atoms with Crippen LogP contribution in [0.3, 0.4) is 0 Å². The third kappa shape index (κ3) is 4.07. The molecule has 0 saturated heterocycles. The van der Waals surface area contributed by atoms with Crippen LogP contribution in [0.1, 0.15) is 16.5 Å². The molecule has 1 amide bonds. The van der Waals surface area contributed by atoms with Crippen LogP contribution < -0.4 is 5.32 Å². The molecule has 0 saturated carbocycles. The number of hydrogen-bond donors (Lipinski definition) is 1. The minimum Gasteiger partial charge on any atom is -0.375 e. The second kappa shape index (κ2) is 7.43. The van der Waals surface area contributed by atoms with Gasteiger partial charge in [-0.05, 0) is 17.5 Å². The largest absolute Gasteiger partial charge is 0.375 e. The van der Waals surface area contributed by atoms with Crippen LogP contribution in [-0.2, 0) is 16.0 Å². The van der Waals surface area contributed by atoms with Crippen molar-refractivity contribution in [2.24, 2.45) is 0 Å². The van der Waals surface area contributed by atoms with E-state index in [0.29, 0.717) is 18.0 Å². The lowest BCUT2D eigenvalue weighted by molar-refractivity contribution is -0.120. The van der Waals surface area contributed by atoms with Crippen molar-refractivity contribution in [1.82, 2.24) is 5.32 Å². The topological polar surface area (TPSA) is 38.3 Å². The zero-order valence-corrected chi connectivity index (χ0v) is 12.7. The maximum absolute atomic E-state index is 11.9. The second-order valence-electron chi connectivity index (χ2n) is 4.31. The molecule has 0 aliphatic heterocycles. The molecule has 20 heavy (non-hydrogen) atoms. The fourth-order valence-electron chi connectivity index (χ4n) is 1.90. The number of thiophene rings is 1. The summed E-state index contributed by atoms with van der Waals surface area (Å²) in [5.41, 5.74) is 0.882. The van der Waals surface area contributed by atoms with Crippen LogP contribution >= 0.6 is 22.9 Å². The van der Waals surface area contributed by atoms with E-state index < -0.39 is 0 Å². The third-order valence-electron chi connectivity index (χ3n) is 2.94. The summed E-state index contributed by atoms with van der Waals surface area (Å²) in [6.07, 6.45) is 0.160. The van der Waals surface area contributed by atoms with E-state index in [1.54, 1.807) is 18.4 Å². The van der Waals surface area contributed by atoms with Crippen LogP contribution in [0.25, 0.3) is 0 Å². The number of benzene rings is 1. The Morgan fingerprint density at radius 2 is 2.15 bits per heavy atom. The van der Waals surface area contributed by atoms with Crippen molar-refractivity contribution < 1.29 is 9.53 Å². The highest BCUT2D eigenvalue weighted by Crippen LogP contribution is 2.24. The van der Waals surface area contributed by atoms with Crippen molar-refractivity contribution in [3.63, 3.8) is 0 Å². The summed E-state index contributed by atoms with van der Waals surface area (Å²) in [4.78, 5) is 12.9. The summed E-state index contributed by atoms with van der Waals surface area (Å²) in [6.45, 7) is 0.407. The SMILES string of the molecule is COC(CNC(=O)Cc1cccs1)c1ccccc1Cl. The van der Waals surface area contributed by atoms with Crippen LogP contribution in [0.5, 0.6) is 0 Å². The summed E-state index contributed by atoms with van der Waals surface area (Å²) >= 11 is 7.71. The Morgan fingerprint density at radius 1 is 1.35 bits per heavy atom. The number of ether oxygens (including phenoxy) is 1. The van der Waals surface area contributed by atoms with Gasteiger partial charge < -0.3 is 10.1 Å². The molecule has 1 aromatic heterocycles. The molecule has 0 radical (unpaired) electrons. The van der Waals surface area contributed by atoms with Crippen LogP contribution in [-0.4, -0.2) is 19.6 Å². The summed E-state index contributed by atoms with van der Waals surface area (Å²) in [5.74, 6) is -0.0125. The Bertz CT molecular complexity index is 557. The molecule has 0 aliphatic carbocycles. The summed E-state index contributed by atoms with van der Waals surface area (Å²) in [6, 6.07) is 11.4. The summed E-state index contributed by atoms with van der Waals surface area (Å²) < 4.78 is 5.41. The van der Waals surface area contributed by atoms with Gasteiger partial charge in [0.05, 0.1) is 6.42 Å². The van der Waals surface area contributed by atoms with Crippen molar-refractivity contribution >= 4 is 28.8 Å². The van der Waals surface area contributed by atoms with E-state index in [-0.39, 0.29) is 12.0 Å². The minimum atomic E-state index is -0.240. The van der Waals surface area contributed by atoms with Gasteiger partial charge in [-0.15, -0.1) is 11.3 Å². The molecule has 2 rings (SSSR count). The van der Waals surface area contributed by atoms with Gasteiger partial charge in [0, 0.05) is 29.1 Å². The monoisotopic (exact) mass is 309 g/mol. The molecule has 106 valence electrons. The van der Waals surface area contributed by atoms with Gasteiger partial charge in [-0.2, -0.15) is 0 Å². The highest BCUT2D eigenvalue weighted by atomic mass is 35.5. The van der Waals surface area contributed by atoms with Gasteiger partial charge in [0.25, 0.3) is 0 Å². The Kier molecular flexibility index (Phi) is 5.59. The lowest BCUT2D eigenvalue weighted by Gasteiger charge is -2.17. The first-order chi connectivity index (χ1) is 9.70. The Hall–Kier alpha value is -1.36. The molecule has 1 aromatic carbocycles. The predicted molar refractivity (Wildman–Crippen MR) is 82.2 cm³/mol. The highest BCUT2D eigenvalue weighted by Gasteiger charge is 2.15. The number of methoxy groups -OCH3 is 1. The normalized spacial score (nSPS) is 12.1. The number of carbonyl (C=O) groups is 1. The number of nitrogens with one attached hydrogen (secondary N) is 1. The van der Waals surface area contributed by atoms with Gasteiger partial charge in [0.1, 0.15) is 6.10 Å². The molecule has 2 aromatic rings. The molecular weight excluding hydrogens is 294 g/mol. The Balaban J connectivity index is 1.91. The number of carbonyl (C=O) groups excluding carboxylic acids is 1. The molecule has 1 heterocycles. The van der Waals surface area contributed by atoms with E-state index in [1.807, 2.05) is 41.8 Å². The zero-order valence-electron chi connectivity index (χ0n) is 11.1. The van der Waals surface area contributed by atoms with Crippen LogP contribution in [0.2, 0.25) is 5.02 Å². The molecular formula is C15H16ClNO2S. The zero-order chi connectivity index (χ0) is 14.4. The van der Waals surface area contributed by atoms with Crippen LogP contribution in [0.15, 0.2) is 41.8 Å². The maximum atomic E-state index is 11.9. The summed E-state index contributed by atoms with van der Waals surface area (Å²) in [7, 11) is 1.61. The van der Waals surface area contributed by atoms with Crippen LogP contribution in [0, 0.1) is 0 Å². The molecule has 0 spiro atoms. The Labute approximate surface area is 127 Å². The number of halogens is 1. The number of hydrogen-bond acceptors (Lipinski definition) is 3. The van der Waals surface area contributed by atoms with Crippen LogP contribution in [0.4, 0.5) is 0 Å². The lowest BCUT2D eigenvalue weighted by atomic mass is 10.1. The van der Waals surface area contributed by atoms with Gasteiger partial charge in [0.2, 0.25) is 5.91 Å². The van der Waals surface area contributed by atoms with Gasteiger partial charge in [-0.25, -0.2) is 0 Å². The van der Waals surface area contributed by atoms with Crippen molar-refractivity contribution in [3.8, 4) is 0 Å². The van der Waals surface area contributed by atoms with E-state index >= 15 is 0 Å². The standard InChI is InChI=1S/C15H16ClNO2S/c1-19-14(12-6-2-3-7-13(12)16)10-17-15(18)9-11-5-4-8-20-11/h2-8,14H,9-10H2,1H3,(H,17,18). The lowest BCUT2D eigenvalue weighted by Crippen LogP contribution is -2.30. The predicted octanol–water partition coefficient (Wildman–Crippen LogP) is 3.45. The quantitative estimate of drug-likeness (QED) is 0.887. The van der Waals surface area contributed by atoms with Gasteiger partial charge in [-0.3, -0.25) is 4.79 Å². The minimum absolute atomic E-state index is 0.0125. The molecule has 0 bridgehead atoms. The molecule has 5 heteroatoms. The van der Waals surface area contributed by atoms with E-state index in [4.69, 9.17) is 16.3 Å². The molecule has 1 unspecified atom stereocenters. The fraction of sp³-hybridized carbons (Fsp3) is 0.267. The number of rotatable bonds is 6. The van der Waals surface area contributed by atoms with E-state index in [0.717, 1.165) is 10.4 Å². The van der Waals surface area contributed by atoms with E-state index in [9.17, 15) is 4.79 Å². The molecule has 3 nitrogen and oxygen atoms in total. The molecule has 0 aliphatic rings. The molecule has 1 N–H and O–H groups in total. The number of amides is 1. The average molecular weight is 310 g/mol. The first-order valence-corrected chi connectivity index (χ1v) is 7.52. The average Bonchev–Trinajstić information content (AvgIpc) is 2.94. The summed E-state index contributed by atoms with van der Waals surface area (Å²) in [5, 5.41) is 5.49. The second-order valence-corrected chi connectivity index (χ2v) is 5.75. The Morgan fingerprint density at radius 3 is 2.80 bits per heavy atom. The third-order valence-corrected chi connectivity index (χ3v) is 4.16. The first-order valence-electron chi connectivity index (χ1n) is 6.27. The molecule has 1 atom stereocenters. The van der Waals surface area contributed by atoms with Crippen molar-refractivity contribution in [3.05, 3.63) is 57.2 Å². The van der Waals surface area contributed by atoms with Crippen molar-refractivity contribution in [2.45, 2.75) is 12.5 Å². The van der Waals surface area contributed by atoms with Crippen molar-refractivity contribution in [2.75, 3.05) is 13.7 Å². The first kappa shape index (κ1) is 15.0. The highest BCUT2D eigenvalue weighted by molar-refractivity contribution is 7.10. The maximum Gasteiger partial charge on any atom is 0.225 e. The van der Waals surface area contributed by atoms with Gasteiger partial charge >= 0.3 is 0 Å². The van der Waals surface area contributed by atoms with Gasteiger partial charge in [-0.1, -0.05) is 35.9 Å². The van der Waals surface area contributed by atoms with Crippen molar-refractivity contribution in [1.29, 1.82) is 0 Å².